The molecular weight excluding hydrogens is 598 g/mol. The summed E-state index contributed by atoms with van der Waals surface area (Å²) >= 11 is 0. The average Bonchev–Trinajstić information content (AvgIpc) is 3.00. The Labute approximate surface area is 279 Å². The number of ether oxygens (including phenoxy) is 2. The number of aryl methyl sites for hydroxylation is 2. The number of nitrogens with one attached hydrogen (secondary N) is 3. The molecule has 5 fully saturated rings. The quantitative estimate of drug-likeness (QED) is 0.390. The van der Waals surface area contributed by atoms with E-state index >= 15 is 0 Å². The van der Waals surface area contributed by atoms with Gasteiger partial charge in [-0.15, -0.1) is 0 Å². The molecule has 2 aliphatic carbocycles. The van der Waals surface area contributed by atoms with Gasteiger partial charge in [0, 0.05) is 44.7 Å². The molecule has 3 heterocycles. The first-order valence-electron chi connectivity index (χ1n) is 18.2. The Morgan fingerprint density at radius 1 is 1.07 bits per heavy atom. The molecule has 1 aromatic carbocycles. The number of hydrogen-bond acceptors (Lipinski definition) is 8. The van der Waals surface area contributed by atoms with Crippen LogP contribution in [0.3, 0.4) is 0 Å². The van der Waals surface area contributed by atoms with E-state index < -0.39 is 16.3 Å². The molecule has 10 heteroatoms. The van der Waals surface area contributed by atoms with Gasteiger partial charge in [0.25, 0.3) is 0 Å². The minimum atomic E-state index is -3.53. The number of piperidine rings is 1. The van der Waals surface area contributed by atoms with Crippen LogP contribution in [0.2, 0.25) is 0 Å². The van der Waals surface area contributed by atoms with E-state index in [1.165, 1.54) is 55.5 Å². The van der Waals surface area contributed by atoms with Gasteiger partial charge in [-0.25, -0.2) is 8.42 Å². The Morgan fingerprint density at radius 3 is 2.50 bits per heavy atom. The van der Waals surface area contributed by atoms with Gasteiger partial charge in [-0.2, -0.15) is 4.72 Å². The van der Waals surface area contributed by atoms with E-state index in [4.69, 9.17) is 9.47 Å². The van der Waals surface area contributed by atoms with Crippen molar-refractivity contribution < 1.29 is 17.9 Å². The van der Waals surface area contributed by atoms with E-state index in [0.29, 0.717) is 35.9 Å². The molecule has 1 aromatic rings. The van der Waals surface area contributed by atoms with Gasteiger partial charge in [0.2, 0.25) is 10.0 Å². The number of hydrogen-bond donors (Lipinski definition) is 3. The van der Waals surface area contributed by atoms with Crippen LogP contribution in [-0.2, 0) is 19.5 Å². The highest BCUT2D eigenvalue weighted by atomic mass is 32.2. The van der Waals surface area contributed by atoms with E-state index in [1.807, 2.05) is 0 Å². The molecule has 0 radical (unpaired) electrons. The summed E-state index contributed by atoms with van der Waals surface area (Å²) in [6, 6.07) is 7.26. The predicted molar refractivity (Wildman–Crippen MR) is 184 cm³/mol. The van der Waals surface area contributed by atoms with E-state index in [-0.39, 0.29) is 17.5 Å². The summed E-state index contributed by atoms with van der Waals surface area (Å²) in [6.07, 6.45) is 9.66. The molecule has 4 bridgehead atoms. The predicted octanol–water partition coefficient (Wildman–Crippen LogP) is 4.65. The highest BCUT2D eigenvalue weighted by Gasteiger charge is 2.50. The first kappa shape index (κ1) is 34.7. The Bertz CT molecular complexity index is 1240. The Hall–Kier alpha value is -1.11. The molecule has 3 aliphatic heterocycles. The number of sulfonamides is 1. The molecule has 260 valence electrons. The first-order valence-corrected chi connectivity index (χ1v) is 19.8. The molecule has 6 rings (SSSR count). The van der Waals surface area contributed by atoms with Crippen LogP contribution < -0.4 is 15.4 Å². The first-order chi connectivity index (χ1) is 22.0. The van der Waals surface area contributed by atoms with Gasteiger partial charge >= 0.3 is 0 Å². The van der Waals surface area contributed by atoms with Crippen LogP contribution in [0, 0.1) is 31.1 Å². The zero-order valence-corrected chi connectivity index (χ0v) is 29.9. The zero-order valence-electron chi connectivity index (χ0n) is 29.1. The molecule has 1 spiro atoms. The molecule has 3 saturated heterocycles. The number of methoxy groups -OCH3 is 1. The average molecular weight is 660 g/mol. The molecule has 3 N–H and O–H groups in total. The van der Waals surface area contributed by atoms with Gasteiger partial charge in [0.1, 0.15) is 12.5 Å². The zero-order chi connectivity index (χ0) is 32.5. The topological polar surface area (TPSA) is 95.2 Å². The molecule has 6 atom stereocenters. The molecule has 5 aliphatic rings. The lowest BCUT2D eigenvalue weighted by Gasteiger charge is -2.57. The highest BCUT2D eigenvalue weighted by molar-refractivity contribution is 7.90. The summed E-state index contributed by atoms with van der Waals surface area (Å²) < 4.78 is 43.1. The van der Waals surface area contributed by atoms with Crippen LogP contribution in [0.15, 0.2) is 18.2 Å². The normalized spacial score (nSPS) is 34.4. The third kappa shape index (κ3) is 8.02. The van der Waals surface area contributed by atoms with Crippen LogP contribution in [0.5, 0.6) is 0 Å². The molecule has 0 aromatic heterocycles. The second-order valence-electron chi connectivity index (χ2n) is 15.9. The minimum Gasteiger partial charge on any atom is -0.383 e. The molecular formula is C36H61N5O4S. The van der Waals surface area contributed by atoms with Crippen molar-refractivity contribution in [1.29, 1.82) is 0 Å². The number of benzene rings is 1. The lowest BCUT2D eigenvalue weighted by molar-refractivity contribution is -0.0956. The van der Waals surface area contributed by atoms with Crippen LogP contribution in [0.4, 0.5) is 0 Å². The Kier molecular flexibility index (Phi) is 11.2. The Morgan fingerprint density at radius 2 is 1.80 bits per heavy atom. The van der Waals surface area contributed by atoms with Crippen molar-refractivity contribution in [3.63, 3.8) is 0 Å². The smallest absolute Gasteiger partial charge is 0.216 e. The lowest BCUT2D eigenvalue weighted by Crippen LogP contribution is -2.64. The van der Waals surface area contributed by atoms with Crippen LogP contribution in [0.1, 0.15) is 101 Å². The second-order valence-corrected chi connectivity index (χ2v) is 17.9. The van der Waals surface area contributed by atoms with Crippen molar-refractivity contribution in [2.75, 3.05) is 46.5 Å². The fraction of sp³-hybridized carbons (Fsp3) is 0.833. The summed E-state index contributed by atoms with van der Waals surface area (Å²) in [4.78, 5) is 5.38. The summed E-state index contributed by atoms with van der Waals surface area (Å²) in [5.41, 5.74) is 4.15. The summed E-state index contributed by atoms with van der Waals surface area (Å²) in [7, 11) is -1.74. The number of nitrogens with zero attached hydrogens (tertiary/aromatic N) is 2. The SMILES string of the molecule is COCCN1CCC2(CC1)CC(N1CC3CCCC(C3)S(=O)(=O)NC3NC(CC(c4c(C)cccc4C)N3)OC[C@H]1CC(C)C)C2. The fourth-order valence-corrected chi connectivity index (χ4v) is 11.2. The molecule has 9 nitrogen and oxygen atoms in total. The van der Waals surface area contributed by atoms with Crippen molar-refractivity contribution in [1.82, 2.24) is 25.2 Å². The van der Waals surface area contributed by atoms with Crippen molar-refractivity contribution >= 4 is 10.0 Å². The standard InChI is InChI=1S/C36H61N5O4S/c1-25(2)18-29-24-45-33-20-32(34-26(3)8-6-9-27(34)4)37-35(38-33)39-46(42,43)31-11-7-10-28(19-31)23-41(29)30-21-36(22-30)12-14-40(15-13-36)16-17-44-5/h6,8-9,25,28-33,35,37-39H,7,10-24H2,1-5H3/t28?,29-,31?,32?,33?,35?/m1/s1. The maximum Gasteiger partial charge on any atom is 0.216 e. The van der Waals surface area contributed by atoms with E-state index in [2.05, 4.69) is 71.0 Å². The van der Waals surface area contributed by atoms with Gasteiger partial charge in [-0.1, -0.05) is 38.5 Å². The Balaban J connectivity index is 1.24. The molecule has 0 amide bonds. The van der Waals surface area contributed by atoms with Crippen LogP contribution >= 0.6 is 0 Å². The van der Waals surface area contributed by atoms with Crippen molar-refractivity contribution in [3.05, 3.63) is 34.9 Å². The van der Waals surface area contributed by atoms with Crippen molar-refractivity contribution in [2.45, 2.75) is 128 Å². The van der Waals surface area contributed by atoms with Gasteiger partial charge in [-0.05, 0) is 112 Å². The summed E-state index contributed by atoms with van der Waals surface area (Å²) in [5.74, 6) is 0.947. The monoisotopic (exact) mass is 659 g/mol. The number of fused-ring (bicyclic) bond motifs is 4. The van der Waals surface area contributed by atoms with Crippen molar-refractivity contribution in [2.24, 2.45) is 17.3 Å². The maximum absolute atomic E-state index is 13.9. The van der Waals surface area contributed by atoms with Crippen molar-refractivity contribution in [3.8, 4) is 0 Å². The molecule has 46 heavy (non-hydrogen) atoms. The van der Waals surface area contributed by atoms with Gasteiger partial charge in [0.05, 0.1) is 18.5 Å². The third-order valence-corrected chi connectivity index (χ3v) is 13.9. The van der Waals surface area contributed by atoms with E-state index in [9.17, 15) is 8.42 Å². The number of rotatable bonds is 7. The van der Waals surface area contributed by atoms with Gasteiger partial charge in [-0.3, -0.25) is 15.5 Å². The lowest BCUT2D eigenvalue weighted by atomic mass is 9.59. The van der Waals surface area contributed by atoms with Crippen LogP contribution in [0.25, 0.3) is 0 Å². The summed E-state index contributed by atoms with van der Waals surface area (Å²) in [6.45, 7) is 14.8. The van der Waals surface area contributed by atoms with Gasteiger partial charge < -0.3 is 14.4 Å². The third-order valence-electron chi connectivity index (χ3n) is 12.0. The van der Waals surface area contributed by atoms with E-state index in [0.717, 1.165) is 58.2 Å². The number of likely N-dealkylation sites (tertiary alicyclic amines) is 1. The molecule has 2 saturated carbocycles. The van der Waals surface area contributed by atoms with Crippen LogP contribution in [-0.4, -0.2) is 94.6 Å². The minimum absolute atomic E-state index is 0.00900. The van der Waals surface area contributed by atoms with Gasteiger partial charge in [0.15, 0.2) is 0 Å². The fourth-order valence-electron chi connectivity index (χ4n) is 9.52. The van der Waals surface area contributed by atoms with E-state index in [1.54, 1.807) is 7.11 Å². The molecule has 5 unspecified atom stereocenters. The summed E-state index contributed by atoms with van der Waals surface area (Å²) in [5, 5.41) is 6.77. The largest absolute Gasteiger partial charge is 0.383 e. The highest BCUT2D eigenvalue weighted by Crippen LogP contribution is 2.52. The second kappa shape index (κ2) is 14.8. The maximum atomic E-state index is 13.9.